The molecule has 5 rings (SSSR count). The first kappa shape index (κ1) is 27.5. The van der Waals surface area contributed by atoms with Gasteiger partial charge in [-0.3, -0.25) is 19.3 Å². The van der Waals surface area contributed by atoms with Gasteiger partial charge in [0.1, 0.15) is 17.1 Å². The monoisotopic (exact) mass is 610 g/mol. The Morgan fingerprint density at radius 2 is 2.00 bits per heavy atom. The van der Waals surface area contributed by atoms with Gasteiger partial charge in [-0.1, -0.05) is 23.9 Å². The Kier molecular flexibility index (Phi) is 7.64. The molecular weight excluding hydrogens is 594 g/mol. The van der Waals surface area contributed by atoms with E-state index in [0.29, 0.717) is 9.78 Å². The van der Waals surface area contributed by atoms with Crippen LogP contribution < -0.4 is 10.7 Å². The van der Waals surface area contributed by atoms with Gasteiger partial charge < -0.3 is 10.4 Å². The van der Waals surface area contributed by atoms with Crippen LogP contribution in [-0.2, 0) is 27.0 Å². The van der Waals surface area contributed by atoms with Gasteiger partial charge in [0.2, 0.25) is 5.91 Å². The highest BCUT2D eigenvalue weighted by atomic mass is 32.2. The van der Waals surface area contributed by atoms with Crippen molar-refractivity contribution in [2.45, 2.75) is 28.2 Å². The summed E-state index contributed by atoms with van der Waals surface area (Å²) in [5, 5.41) is 15.0. The van der Waals surface area contributed by atoms with E-state index in [9.17, 15) is 37.5 Å². The van der Waals surface area contributed by atoms with Gasteiger partial charge in [-0.15, -0.1) is 34.4 Å². The molecule has 0 saturated carbocycles. The summed E-state index contributed by atoms with van der Waals surface area (Å²) < 4.78 is 40.5. The third-order valence-corrected chi connectivity index (χ3v) is 10.1. The van der Waals surface area contributed by atoms with Crippen LogP contribution in [0.15, 0.2) is 73.5 Å². The molecule has 1 saturated heterocycles. The predicted molar refractivity (Wildman–Crippen MR) is 146 cm³/mol. The normalized spacial score (nSPS) is 19.4. The molecule has 3 aromatic rings. The summed E-state index contributed by atoms with van der Waals surface area (Å²) in [7, 11) is 0. The summed E-state index contributed by atoms with van der Waals surface area (Å²) in [6.45, 7) is 0. The molecule has 1 fully saturated rings. The van der Waals surface area contributed by atoms with E-state index in [2.05, 4.69) is 5.32 Å². The second kappa shape index (κ2) is 10.8. The van der Waals surface area contributed by atoms with E-state index in [1.165, 1.54) is 46.7 Å². The maximum absolute atomic E-state index is 13.3. The van der Waals surface area contributed by atoms with E-state index in [0.717, 1.165) is 45.0 Å². The Labute approximate surface area is 235 Å². The number of hydrogen-bond acceptors (Lipinski definition) is 8. The van der Waals surface area contributed by atoms with Gasteiger partial charge in [-0.05, 0) is 40.6 Å². The molecular formula is C25H17F3N2O5S4. The van der Waals surface area contributed by atoms with Crippen LogP contribution in [0.3, 0.4) is 0 Å². The van der Waals surface area contributed by atoms with Crippen LogP contribution in [0.5, 0.6) is 0 Å². The topological polar surface area (TPSA) is 104 Å². The second-order valence-corrected chi connectivity index (χ2v) is 12.8. The number of carbonyl (C=O) groups is 3. The van der Waals surface area contributed by atoms with Crippen LogP contribution in [0.2, 0.25) is 0 Å². The Bertz CT molecular complexity index is 1600. The largest absolute Gasteiger partial charge is 0.477 e. The molecule has 0 aliphatic carbocycles. The molecule has 39 heavy (non-hydrogen) atoms. The molecule has 0 bridgehead atoms. The van der Waals surface area contributed by atoms with Crippen molar-refractivity contribution in [2.75, 3.05) is 5.75 Å². The minimum absolute atomic E-state index is 0.129. The molecule has 2 N–H and O–H groups in total. The number of amides is 2. The summed E-state index contributed by atoms with van der Waals surface area (Å²) in [5.74, 6) is -1.88. The summed E-state index contributed by atoms with van der Waals surface area (Å²) in [6, 6.07) is 7.49. The lowest BCUT2D eigenvalue weighted by atomic mass is 10.0. The molecule has 0 spiro atoms. The number of thioether (sulfide) groups is 2. The number of carboxylic acids is 1. The second-order valence-electron chi connectivity index (χ2n) is 8.42. The van der Waals surface area contributed by atoms with Gasteiger partial charge in [0, 0.05) is 21.4 Å². The fourth-order valence-electron chi connectivity index (χ4n) is 4.23. The minimum atomic E-state index is -4.66. The van der Waals surface area contributed by atoms with E-state index in [1.807, 2.05) is 17.5 Å². The fraction of sp³-hybridized carbons (Fsp3) is 0.200. The lowest BCUT2D eigenvalue weighted by molar-refractivity contribution is -0.150. The zero-order chi connectivity index (χ0) is 27.9. The van der Waals surface area contributed by atoms with Gasteiger partial charge in [0.25, 0.3) is 5.91 Å². The van der Waals surface area contributed by atoms with E-state index < -0.39 is 40.5 Å². The fourth-order valence-corrected chi connectivity index (χ4v) is 8.27. The third kappa shape index (κ3) is 5.51. The van der Waals surface area contributed by atoms with Crippen molar-refractivity contribution in [3.63, 3.8) is 0 Å². The minimum Gasteiger partial charge on any atom is -0.477 e. The number of thiophene rings is 1. The Balaban J connectivity index is 1.32. The number of allylic oxidation sites excluding steroid dienone is 1. The number of fused-ring (bicyclic) bond motifs is 2. The molecule has 2 atom stereocenters. The standard InChI is InChI=1S/C25H17F3N2O5S4/c26-25(27,28)14-4-1-5-16-19(14)15(31)10-18(39-16)37-8-6-12-11-38-23-20(22(33)30(23)21(12)24(34)35)29-17(32)9-13-3-2-7-36-13/h1-8,10,20,23H,9,11H2,(H,29,32)(H,34,35)/t20?,23-/m0/s1. The molecule has 2 aliphatic heterocycles. The molecule has 4 heterocycles. The van der Waals surface area contributed by atoms with Gasteiger partial charge >= 0.3 is 12.1 Å². The number of halogens is 3. The van der Waals surface area contributed by atoms with Crippen molar-refractivity contribution in [3.8, 4) is 0 Å². The highest BCUT2D eigenvalue weighted by Gasteiger charge is 2.53. The zero-order valence-electron chi connectivity index (χ0n) is 19.6. The summed E-state index contributed by atoms with van der Waals surface area (Å²) >= 11 is 4.82. The number of nitrogens with zero attached hydrogens (tertiary/aromatic N) is 1. The van der Waals surface area contributed by atoms with Gasteiger partial charge in [0.05, 0.1) is 21.6 Å². The summed E-state index contributed by atoms with van der Waals surface area (Å²) in [4.78, 5) is 51.7. The van der Waals surface area contributed by atoms with Crippen LogP contribution >= 0.6 is 46.2 Å². The maximum Gasteiger partial charge on any atom is 0.417 e. The molecule has 2 aliphatic rings. The number of nitrogens with one attached hydrogen (secondary N) is 1. The first-order valence-electron chi connectivity index (χ1n) is 11.2. The zero-order valence-corrected chi connectivity index (χ0v) is 22.8. The molecule has 202 valence electrons. The quantitative estimate of drug-likeness (QED) is 0.289. The maximum atomic E-state index is 13.3. The predicted octanol–water partition coefficient (Wildman–Crippen LogP) is 4.93. The molecule has 14 heteroatoms. The molecule has 0 radical (unpaired) electrons. The van der Waals surface area contributed by atoms with E-state index in [4.69, 9.17) is 0 Å². The number of alkyl halides is 3. The first-order valence-corrected chi connectivity index (χ1v) is 14.9. The van der Waals surface area contributed by atoms with Crippen LogP contribution in [0.25, 0.3) is 10.1 Å². The summed E-state index contributed by atoms with van der Waals surface area (Å²) in [6.07, 6.45) is -3.01. The van der Waals surface area contributed by atoms with Crippen molar-refractivity contribution in [2.24, 2.45) is 0 Å². The van der Waals surface area contributed by atoms with Gasteiger partial charge in [-0.2, -0.15) is 13.2 Å². The van der Waals surface area contributed by atoms with E-state index in [-0.39, 0.29) is 33.9 Å². The van der Waals surface area contributed by atoms with Crippen LogP contribution in [-0.4, -0.2) is 45.0 Å². The number of carboxylic acid groups (broad SMARTS) is 1. The molecule has 1 aromatic carbocycles. The lowest BCUT2D eigenvalue weighted by Gasteiger charge is -2.49. The molecule has 2 amide bonds. The number of hydrogen-bond donors (Lipinski definition) is 2. The smallest absolute Gasteiger partial charge is 0.417 e. The number of β-lactam (4-membered cyclic amide) rings is 1. The lowest BCUT2D eigenvalue weighted by Crippen LogP contribution is -2.70. The molecule has 2 aromatic heterocycles. The number of aliphatic carboxylic acids is 1. The van der Waals surface area contributed by atoms with Gasteiger partial charge in [0.15, 0.2) is 5.43 Å². The summed E-state index contributed by atoms with van der Waals surface area (Å²) in [5.41, 5.74) is -1.57. The average molecular weight is 611 g/mol. The number of rotatable bonds is 7. The van der Waals surface area contributed by atoms with E-state index in [1.54, 1.807) is 0 Å². The SMILES string of the molecule is O=C(Cc1cccs1)NC1C(=O)N2C(C(=O)O)=C(C=CSc3cc(=O)c4c(C(F)(F)F)cccc4s3)CS[C@@H]12. The van der Waals surface area contributed by atoms with Crippen molar-refractivity contribution in [3.05, 3.63) is 85.2 Å². The molecule has 7 nitrogen and oxygen atoms in total. The van der Waals surface area contributed by atoms with Crippen LogP contribution in [0.1, 0.15) is 10.4 Å². The van der Waals surface area contributed by atoms with Crippen molar-refractivity contribution < 1.29 is 32.7 Å². The number of carbonyl (C=O) groups excluding carboxylic acids is 2. The number of benzene rings is 1. The third-order valence-electron chi connectivity index (χ3n) is 5.92. The highest BCUT2D eigenvalue weighted by molar-refractivity contribution is 8.04. The first-order chi connectivity index (χ1) is 18.5. The Morgan fingerprint density at radius 3 is 2.69 bits per heavy atom. The average Bonchev–Trinajstić information content (AvgIpc) is 3.38. The highest BCUT2D eigenvalue weighted by Crippen LogP contribution is 2.41. The molecule has 1 unspecified atom stereocenters. The van der Waals surface area contributed by atoms with Crippen LogP contribution in [0, 0.1) is 0 Å². The van der Waals surface area contributed by atoms with Crippen molar-refractivity contribution in [1.29, 1.82) is 0 Å². The van der Waals surface area contributed by atoms with Crippen LogP contribution in [0.4, 0.5) is 13.2 Å². The Hall–Kier alpha value is -3.07. The van der Waals surface area contributed by atoms with Crippen molar-refractivity contribution >= 4 is 74.1 Å². The van der Waals surface area contributed by atoms with Crippen molar-refractivity contribution in [1.82, 2.24) is 10.2 Å². The van der Waals surface area contributed by atoms with Gasteiger partial charge in [-0.25, -0.2) is 4.79 Å². The van der Waals surface area contributed by atoms with E-state index >= 15 is 0 Å². The Morgan fingerprint density at radius 1 is 1.21 bits per heavy atom.